The van der Waals surface area contributed by atoms with Crippen LogP contribution in [0, 0.1) is 0 Å². The van der Waals surface area contributed by atoms with Crippen LogP contribution in [0.3, 0.4) is 0 Å². The number of carbonyl (C=O) groups is 1. The van der Waals surface area contributed by atoms with Crippen LogP contribution in [-0.2, 0) is 4.74 Å². The average Bonchev–Trinajstić information content (AvgIpc) is 2.98. The molecule has 0 aliphatic heterocycles. The van der Waals surface area contributed by atoms with E-state index in [0.717, 1.165) is 11.1 Å². The van der Waals surface area contributed by atoms with Crippen molar-refractivity contribution >= 4 is 17.0 Å². The molecule has 0 spiro atoms. The molecule has 0 radical (unpaired) electrons. The van der Waals surface area contributed by atoms with E-state index in [1.807, 2.05) is 4.57 Å². The first-order chi connectivity index (χ1) is 10.6. The average molecular weight is 297 g/mol. The van der Waals surface area contributed by atoms with E-state index >= 15 is 0 Å². The van der Waals surface area contributed by atoms with E-state index in [1.54, 1.807) is 24.8 Å². The maximum atomic E-state index is 11.8. The van der Waals surface area contributed by atoms with Gasteiger partial charge in [-0.1, -0.05) is 0 Å². The summed E-state index contributed by atoms with van der Waals surface area (Å²) in [6.45, 7) is 4.11. The minimum absolute atomic E-state index is 0.208. The molecular formula is C15H15N5O2. The van der Waals surface area contributed by atoms with Gasteiger partial charge in [-0.3, -0.25) is 0 Å². The standard InChI is InChI=1S/C15H15N5O2/c1-9(2)20-8-18-11-4-12(15(21)22-3)19-13(14(11)20)10-5-16-7-17-6-10/h4-9H,1-3H3. The molecule has 112 valence electrons. The van der Waals surface area contributed by atoms with E-state index in [4.69, 9.17) is 4.74 Å². The molecule has 0 aliphatic carbocycles. The van der Waals surface area contributed by atoms with Crippen LogP contribution < -0.4 is 0 Å². The van der Waals surface area contributed by atoms with Crippen molar-refractivity contribution in [3.8, 4) is 11.3 Å². The molecular weight excluding hydrogens is 282 g/mol. The highest BCUT2D eigenvalue weighted by atomic mass is 16.5. The van der Waals surface area contributed by atoms with Crippen LogP contribution >= 0.6 is 0 Å². The van der Waals surface area contributed by atoms with Crippen LogP contribution in [0.5, 0.6) is 0 Å². The van der Waals surface area contributed by atoms with E-state index < -0.39 is 5.97 Å². The Morgan fingerprint density at radius 3 is 2.64 bits per heavy atom. The van der Waals surface area contributed by atoms with Crippen molar-refractivity contribution in [2.45, 2.75) is 19.9 Å². The number of ether oxygens (including phenoxy) is 1. The van der Waals surface area contributed by atoms with Gasteiger partial charge in [0.05, 0.1) is 24.5 Å². The van der Waals surface area contributed by atoms with Crippen LogP contribution in [-0.4, -0.2) is 37.6 Å². The van der Waals surface area contributed by atoms with Crippen molar-refractivity contribution < 1.29 is 9.53 Å². The third-order valence-corrected chi connectivity index (χ3v) is 3.34. The number of hydrogen-bond donors (Lipinski definition) is 0. The molecule has 0 amide bonds. The first-order valence-electron chi connectivity index (χ1n) is 6.83. The van der Waals surface area contributed by atoms with Gasteiger partial charge in [-0.15, -0.1) is 0 Å². The predicted octanol–water partition coefficient (Wildman–Crippen LogP) is 2.26. The van der Waals surface area contributed by atoms with Crippen molar-refractivity contribution in [3.63, 3.8) is 0 Å². The Kier molecular flexibility index (Phi) is 3.54. The highest BCUT2D eigenvalue weighted by molar-refractivity contribution is 5.96. The van der Waals surface area contributed by atoms with E-state index in [0.29, 0.717) is 11.2 Å². The Bertz CT molecular complexity index is 827. The van der Waals surface area contributed by atoms with Crippen molar-refractivity contribution in [2.75, 3.05) is 7.11 Å². The van der Waals surface area contributed by atoms with Gasteiger partial charge in [-0.25, -0.2) is 24.7 Å². The van der Waals surface area contributed by atoms with Crippen LogP contribution in [0.4, 0.5) is 0 Å². The van der Waals surface area contributed by atoms with E-state index in [2.05, 4.69) is 33.8 Å². The van der Waals surface area contributed by atoms with Gasteiger partial charge in [0.15, 0.2) is 5.69 Å². The lowest BCUT2D eigenvalue weighted by Gasteiger charge is -2.12. The summed E-state index contributed by atoms with van der Waals surface area (Å²) in [5.74, 6) is -0.501. The topological polar surface area (TPSA) is 82.8 Å². The van der Waals surface area contributed by atoms with Crippen LogP contribution in [0.2, 0.25) is 0 Å². The van der Waals surface area contributed by atoms with E-state index in [9.17, 15) is 4.79 Å². The smallest absolute Gasteiger partial charge is 0.356 e. The van der Waals surface area contributed by atoms with E-state index in [-0.39, 0.29) is 11.7 Å². The number of nitrogens with zero attached hydrogens (tertiary/aromatic N) is 5. The zero-order chi connectivity index (χ0) is 15.7. The number of esters is 1. The molecule has 7 nitrogen and oxygen atoms in total. The third-order valence-electron chi connectivity index (χ3n) is 3.34. The van der Waals surface area contributed by atoms with Crippen LogP contribution in [0.15, 0.2) is 31.1 Å². The molecule has 0 aromatic carbocycles. The summed E-state index contributed by atoms with van der Waals surface area (Å²) in [4.78, 5) is 28.7. The summed E-state index contributed by atoms with van der Waals surface area (Å²) in [7, 11) is 1.33. The van der Waals surface area contributed by atoms with Gasteiger partial charge >= 0.3 is 5.97 Å². The largest absolute Gasteiger partial charge is 0.464 e. The molecule has 0 atom stereocenters. The molecule has 0 saturated carbocycles. The second kappa shape index (κ2) is 5.51. The summed E-state index contributed by atoms with van der Waals surface area (Å²) in [5, 5.41) is 0. The fourth-order valence-corrected chi connectivity index (χ4v) is 2.28. The first-order valence-corrected chi connectivity index (χ1v) is 6.83. The molecule has 3 aromatic heterocycles. The van der Waals surface area contributed by atoms with E-state index in [1.165, 1.54) is 13.4 Å². The second-order valence-corrected chi connectivity index (χ2v) is 5.09. The fraction of sp³-hybridized carbons (Fsp3) is 0.267. The highest BCUT2D eigenvalue weighted by Crippen LogP contribution is 2.28. The van der Waals surface area contributed by atoms with Gasteiger partial charge in [0.2, 0.25) is 0 Å². The molecule has 0 bridgehead atoms. The van der Waals surface area contributed by atoms with Crippen molar-refractivity contribution in [1.29, 1.82) is 0 Å². The Hall–Kier alpha value is -2.83. The number of methoxy groups -OCH3 is 1. The SMILES string of the molecule is COC(=O)c1cc2ncn(C(C)C)c2c(-c2cncnc2)n1. The lowest BCUT2D eigenvalue weighted by atomic mass is 10.1. The summed E-state index contributed by atoms with van der Waals surface area (Å²) in [6, 6.07) is 1.84. The second-order valence-electron chi connectivity index (χ2n) is 5.09. The molecule has 7 heteroatoms. The molecule has 0 fully saturated rings. The van der Waals surface area contributed by atoms with Gasteiger partial charge < -0.3 is 9.30 Å². The number of pyridine rings is 1. The van der Waals surface area contributed by atoms with Gasteiger partial charge in [0.25, 0.3) is 0 Å². The lowest BCUT2D eigenvalue weighted by Crippen LogP contribution is -2.07. The Labute approximate surface area is 127 Å². The van der Waals surface area contributed by atoms with Gasteiger partial charge in [-0.2, -0.15) is 0 Å². The maximum absolute atomic E-state index is 11.8. The Morgan fingerprint density at radius 1 is 1.27 bits per heavy atom. The summed E-state index contributed by atoms with van der Waals surface area (Å²) < 4.78 is 6.77. The highest BCUT2D eigenvalue weighted by Gasteiger charge is 2.18. The fourth-order valence-electron chi connectivity index (χ4n) is 2.28. The number of hydrogen-bond acceptors (Lipinski definition) is 6. The zero-order valence-electron chi connectivity index (χ0n) is 12.5. The number of imidazole rings is 1. The van der Waals surface area contributed by atoms with Gasteiger partial charge in [-0.05, 0) is 19.9 Å². The summed E-state index contributed by atoms with van der Waals surface area (Å²) in [6.07, 6.45) is 6.51. The van der Waals surface area contributed by atoms with Crippen molar-refractivity contribution in [1.82, 2.24) is 24.5 Å². The molecule has 3 heterocycles. The zero-order valence-corrected chi connectivity index (χ0v) is 12.5. The minimum atomic E-state index is -0.501. The van der Waals surface area contributed by atoms with Crippen molar-refractivity contribution in [3.05, 3.63) is 36.8 Å². The molecule has 3 rings (SSSR count). The molecule has 0 aliphatic rings. The minimum Gasteiger partial charge on any atom is -0.464 e. The molecule has 0 unspecified atom stereocenters. The molecule has 0 N–H and O–H groups in total. The predicted molar refractivity (Wildman–Crippen MR) is 80.3 cm³/mol. The van der Waals surface area contributed by atoms with Gasteiger partial charge in [0.1, 0.15) is 12.0 Å². The van der Waals surface area contributed by atoms with Crippen molar-refractivity contribution in [2.24, 2.45) is 0 Å². The van der Waals surface area contributed by atoms with Crippen LogP contribution in [0.25, 0.3) is 22.3 Å². The number of fused-ring (bicyclic) bond motifs is 1. The number of aromatic nitrogens is 5. The first kappa shape index (κ1) is 14.1. The Morgan fingerprint density at radius 2 is 2.00 bits per heavy atom. The quantitative estimate of drug-likeness (QED) is 0.690. The Balaban J connectivity index is 2.34. The summed E-state index contributed by atoms with van der Waals surface area (Å²) >= 11 is 0. The molecule has 3 aromatic rings. The van der Waals surface area contributed by atoms with Gasteiger partial charge in [0, 0.05) is 24.0 Å². The summed E-state index contributed by atoms with van der Waals surface area (Å²) in [5.41, 5.74) is 3.08. The number of carbonyl (C=O) groups excluding carboxylic acids is 1. The molecule has 0 saturated heterocycles. The molecule has 22 heavy (non-hydrogen) atoms. The monoisotopic (exact) mass is 297 g/mol. The maximum Gasteiger partial charge on any atom is 0.356 e. The number of rotatable bonds is 3. The normalized spacial score (nSPS) is 11.1. The lowest BCUT2D eigenvalue weighted by molar-refractivity contribution is 0.0594. The van der Waals surface area contributed by atoms with Crippen LogP contribution in [0.1, 0.15) is 30.4 Å². The third kappa shape index (κ3) is 2.30.